The van der Waals surface area contributed by atoms with Crippen LogP contribution in [0, 0.1) is 0 Å². The third-order valence-electron chi connectivity index (χ3n) is 6.07. The molecule has 1 aliphatic heterocycles. The molecule has 0 amide bonds. The second-order valence-corrected chi connectivity index (χ2v) is 7.83. The van der Waals surface area contributed by atoms with Crippen LogP contribution in [-0.2, 0) is 9.59 Å². The number of carbonyl (C=O) groups is 2. The van der Waals surface area contributed by atoms with Gasteiger partial charge in [-0.1, -0.05) is 36.4 Å². The van der Waals surface area contributed by atoms with Crippen LogP contribution in [0.1, 0.15) is 43.2 Å². The lowest BCUT2D eigenvalue weighted by Gasteiger charge is -2.35. The Morgan fingerprint density at radius 3 is 2.77 bits per heavy atom. The standard InChI is InChI=1S/C26H23NO4/c1-2-30-23-14-17(11-13-22(23)31-15-28)24-25-18-7-4-3-6-16(18)10-12-20(25)27-19-8-5-9-21(29)26(19)24/h3-4,6-7,10-15,24,27H,2,5,8-9H2,1H3/t24-/m0/s1. The van der Waals surface area contributed by atoms with Crippen molar-refractivity contribution in [1.29, 1.82) is 0 Å². The summed E-state index contributed by atoms with van der Waals surface area (Å²) in [4.78, 5) is 24.1. The zero-order chi connectivity index (χ0) is 21.4. The Morgan fingerprint density at radius 2 is 1.94 bits per heavy atom. The van der Waals surface area contributed by atoms with Crippen molar-refractivity contribution in [2.24, 2.45) is 0 Å². The zero-order valence-electron chi connectivity index (χ0n) is 17.3. The van der Waals surface area contributed by atoms with Crippen LogP contribution in [0.3, 0.4) is 0 Å². The van der Waals surface area contributed by atoms with Crippen LogP contribution in [0.25, 0.3) is 10.8 Å². The predicted octanol–water partition coefficient (Wildman–Crippen LogP) is 5.34. The van der Waals surface area contributed by atoms with Crippen LogP contribution >= 0.6 is 0 Å². The number of ether oxygens (including phenoxy) is 2. The SMILES string of the molecule is CCOc1cc([C@@H]2C3=C(CCCC3=O)Nc3ccc4ccccc4c32)ccc1OC=O. The minimum atomic E-state index is -0.213. The summed E-state index contributed by atoms with van der Waals surface area (Å²) < 4.78 is 10.9. The molecule has 5 rings (SSSR count). The largest absolute Gasteiger partial charge is 0.490 e. The van der Waals surface area contributed by atoms with E-state index in [1.807, 2.05) is 31.2 Å². The van der Waals surface area contributed by atoms with E-state index in [0.29, 0.717) is 31.0 Å². The summed E-state index contributed by atoms with van der Waals surface area (Å²) in [5, 5.41) is 5.80. The Labute approximate surface area is 180 Å². The molecular weight excluding hydrogens is 390 g/mol. The minimum Gasteiger partial charge on any atom is -0.490 e. The molecule has 0 unspecified atom stereocenters. The van der Waals surface area contributed by atoms with E-state index in [9.17, 15) is 9.59 Å². The normalized spacial score (nSPS) is 17.6. The maximum Gasteiger partial charge on any atom is 0.298 e. The van der Waals surface area contributed by atoms with Crippen molar-refractivity contribution in [3.05, 3.63) is 77.0 Å². The van der Waals surface area contributed by atoms with Gasteiger partial charge < -0.3 is 14.8 Å². The molecule has 0 fully saturated rings. The van der Waals surface area contributed by atoms with Gasteiger partial charge in [0.1, 0.15) is 0 Å². The van der Waals surface area contributed by atoms with E-state index in [1.54, 1.807) is 6.07 Å². The lowest BCUT2D eigenvalue weighted by molar-refractivity contribution is -0.120. The highest BCUT2D eigenvalue weighted by Crippen LogP contribution is 2.49. The summed E-state index contributed by atoms with van der Waals surface area (Å²) in [6.45, 7) is 2.73. The first-order valence-electron chi connectivity index (χ1n) is 10.6. The maximum absolute atomic E-state index is 13.1. The molecule has 2 aliphatic rings. The van der Waals surface area contributed by atoms with Crippen molar-refractivity contribution < 1.29 is 19.1 Å². The van der Waals surface area contributed by atoms with Gasteiger partial charge >= 0.3 is 0 Å². The molecule has 5 nitrogen and oxygen atoms in total. The number of benzene rings is 3. The second kappa shape index (κ2) is 7.91. The van der Waals surface area contributed by atoms with Crippen molar-refractivity contribution in [2.45, 2.75) is 32.1 Å². The summed E-state index contributed by atoms with van der Waals surface area (Å²) in [6.07, 6.45) is 2.27. The minimum absolute atomic E-state index is 0.184. The molecule has 0 radical (unpaired) electrons. The molecular formula is C26H23NO4. The van der Waals surface area contributed by atoms with Crippen molar-refractivity contribution in [3.8, 4) is 11.5 Å². The Morgan fingerprint density at radius 1 is 1.06 bits per heavy atom. The molecule has 3 aromatic carbocycles. The van der Waals surface area contributed by atoms with Gasteiger partial charge in [0.15, 0.2) is 17.3 Å². The summed E-state index contributed by atoms with van der Waals surface area (Å²) in [6, 6.07) is 18.0. The van der Waals surface area contributed by atoms with Crippen molar-refractivity contribution in [1.82, 2.24) is 0 Å². The first kappa shape index (κ1) is 19.4. The average Bonchev–Trinajstić information content (AvgIpc) is 2.79. The summed E-state index contributed by atoms with van der Waals surface area (Å²) in [5.74, 6) is 0.841. The zero-order valence-corrected chi connectivity index (χ0v) is 17.3. The number of Topliss-reactive ketones (excluding diaryl/α,β-unsaturated/α-hetero) is 1. The van der Waals surface area contributed by atoms with Gasteiger partial charge in [-0.3, -0.25) is 9.59 Å². The van der Waals surface area contributed by atoms with Gasteiger partial charge in [0.05, 0.1) is 6.61 Å². The van der Waals surface area contributed by atoms with Gasteiger partial charge in [0.25, 0.3) is 6.47 Å². The van der Waals surface area contributed by atoms with E-state index < -0.39 is 0 Å². The molecule has 0 aromatic heterocycles. The molecule has 1 aliphatic carbocycles. The monoisotopic (exact) mass is 413 g/mol. The number of hydrogen-bond donors (Lipinski definition) is 1. The number of carbonyl (C=O) groups excluding carboxylic acids is 2. The third-order valence-corrected chi connectivity index (χ3v) is 6.07. The van der Waals surface area contributed by atoms with Gasteiger partial charge in [-0.15, -0.1) is 0 Å². The second-order valence-electron chi connectivity index (χ2n) is 7.83. The first-order chi connectivity index (χ1) is 15.2. The molecule has 0 saturated carbocycles. The summed E-state index contributed by atoms with van der Waals surface area (Å²) in [7, 11) is 0. The topological polar surface area (TPSA) is 64.6 Å². The van der Waals surface area contributed by atoms with E-state index in [0.717, 1.165) is 51.7 Å². The van der Waals surface area contributed by atoms with Gasteiger partial charge in [-0.05, 0) is 59.9 Å². The van der Waals surface area contributed by atoms with E-state index in [2.05, 4.69) is 29.6 Å². The van der Waals surface area contributed by atoms with Crippen LogP contribution in [0.15, 0.2) is 65.9 Å². The molecule has 1 heterocycles. The highest BCUT2D eigenvalue weighted by atomic mass is 16.5. The van der Waals surface area contributed by atoms with Crippen molar-refractivity contribution in [2.75, 3.05) is 11.9 Å². The molecule has 1 N–H and O–H groups in total. The lowest BCUT2D eigenvalue weighted by Crippen LogP contribution is -2.27. The molecule has 5 heteroatoms. The fourth-order valence-corrected chi connectivity index (χ4v) is 4.81. The van der Waals surface area contributed by atoms with Gasteiger partial charge in [-0.25, -0.2) is 0 Å². The molecule has 31 heavy (non-hydrogen) atoms. The van der Waals surface area contributed by atoms with Crippen LogP contribution in [-0.4, -0.2) is 18.9 Å². The average molecular weight is 413 g/mol. The van der Waals surface area contributed by atoms with E-state index in [4.69, 9.17) is 9.47 Å². The van der Waals surface area contributed by atoms with Crippen molar-refractivity contribution >= 4 is 28.7 Å². The summed E-state index contributed by atoms with van der Waals surface area (Å²) >= 11 is 0. The van der Waals surface area contributed by atoms with Crippen LogP contribution in [0.5, 0.6) is 11.5 Å². The van der Waals surface area contributed by atoms with Crippen LogP contribution < -0.4 is 14.8 Å². The number of rotatable bonds is 5. The Bertz CT molecular complexity index is 1230. The number of allylic oxidation sites excluding steroid dienone is 2. The smallest absolute Gasteiger partial charge is 0.298 e. The van der Waals surface area contributed by atoms with Gasteiger partial charge in [0.2, 0.25) is 0 Å². The van der Waals surface area contributed by atoms with Gasteiger partial charge in [0, 0.05) is 29.3 Å². The van der Waals surface area contributed by atoms with Crippen LogP contribution in [0.2, 0.25) is 0 Å². The molecule has 0 bridgehead atoms. The number of fused-ring (bicyclic) bond motifs is 3. The predicted molar refractivity (Wildman–Crippen MR) is 120 cm³/mol. The van der Waals surface area contributed by atoms with E-state index >= 15 is 0 Å². The fraction of sp³-hybridized carbons (Fsp3) is 0.231. The molecule has 3 aromatic rings. The summed E-state index contributed by atoms with van der Waals surface area (Å²) in [5.41, 5.74) is 4.92. The number of anilines is 1. The van der Waals surface area contributed by atoms with Crippen LogP contribution in [0.4, 0.5) is 5.69 Å². The van der Waals surface area contributed by atoms with Gasteiger partial charge in [-0.2, -0.15) is 0 Å². The fourth-order valence-electron chi connectivity index (χ4n) is 4.81. The third kappa shape index (κ3) is 3.26. The highest BCUT2D eigenvalue weighted by Gasteiger charge is 2.36. The Hall–Kier alpha value is -3.60. The maximum atomic E-state index is 13.1. The lowest BCUT2D eigenvalue weighted by atomic mass is 9.74. The van der Waals surface area contributed by atoms with E-state index in [1.165, 1.54) is 0 Å². The van der Waals surface area contributed by atoms with E-state index in [-0.39, 0.29) is 11.7 Å². The molecule has 0 saturated heterocycles. The number of hydrogen-bond acceptors (Lipinski definition) is 5. The van der Waals surface area contributed by atoms with Crippen molar-refractivity contribution in [3.63, 3.8) is 0 Å². The molecule has 156 valence electrons. The number of nitrogens with one attached hydrogen (secondary N) is 1. The first-order valence-corrected chi connectivity index (χ1v) is 10.6. The Kier molecular flexibility index (Phi) is 4.94. The molecule has 0 spiro atoms. The Balaban J connectivity index is 1.77. The highest BCUT2D eigenvalue weighted by molar-refractivity contribution is 6.04. The number of ketones is 1. The quantitative estimate of drug-likeness (QED) is 0.572. The molecule has 1 atom stereocenters.